The lowest BCUT2D eigenvalue weighted by Crippen LogP contribution is -2.43. The molecule has 0 aromatic heterocycles. The van der Waals surface area contributed by atoms with E-state index >= 15 is 0 Å². The summed E-state index contributed by atoms with van der Waals surface area (Å²) in [6.07, 6.45) is -1.55. The third kappa shape index (κ3) is 1.37. The molecule has 0 N–H and O–H groups in total. The lowest BCUT2D eigenvalue weighted by molar-refractivity contribution is -0.253. The Morgan fingerprint density at radius 1 is 1.27 bits per heavy atom. The van der Waals surface area contributed by atoms with Gasteiger partial charge >= 0.3 is 6.18 Å². The fourth-order valence-electron chi connectivity index (χ4n) is 1.76. The van der Waals surface area contributed by atoms with Crippen molar-refractivity contribution in [1.29, 1.82) is 0 Å². The van der Waals surface area contributed by atoms with Gasteiger partial charge in [-0.05, 0) is 19.3 Å². The largest absolute Gasteiger partial charge is 0.394 e. The molecule has 0 bridgehead atoms. The summed E-state index contributed by atoms with van der Waals surface area (Å²) in [7, 11) is 0. The second kappa shape index (κ2) is 2.68. The van der Waals surface area contributed by atoms with Crippen molar-refractivity contribution >= 4 is 0 Å². The van der Waals surface area contributed by atoms with E-state index in [2.05, 4.69) is 0 Å². The van der Waals surface area contributed by atoms with Gasteiger partial charge in [0.05, 0.1) is 5.41 Å². The first-order valence-corrected chi connectivity index (χ1v) is 4.08. The first-order valence-electron chi connectivity index (χ1n) is 4.08. The summed E-state index contributed by atoms with van der Waals surface area (Å²) in [6, 6.07) is 0. The number of halogens is 3. The number of hydrogen-bond donors (Lipinski definition) is 0. The SMILES string of the molecule is CCCC1(C(F)(F)F)CCC1. The lowest BCUT2D eigenvalue weighted by atomic mass is 9.65. The van der Waals surface area contributed by atoms with E-state index in [0.29, 0.717) is 25.7 Å². The quantitative estimate of drug-likeness (QED) is 0.588. The van der Waals surface area contributed by atoms with Gasteiger partial charge in [0.15, 0.2) is 0 Å². The average Bonchev–Trinajstić information content (AvgIpc) is 1.75. The van der Waals surface area contributed by atoms with Crippen molar-refractivity contribution in [3.63, 3.8) is 0 Å². The monoisotopic (exact) mass is 166 g/mol. The minimum atomic E-state index is -3.96. The summed E-state index contributed by atoms with van der Waals surface area (Å²) in [4.78, 5) is 0. The second-order valence-corrected chi connectivity index (χ2v) is 3.38. The van der Waals surface area contributed by atoms with Crippen LogP contribution in [0.4, 0.5) is 13.2 Å². The van der Waals surface area contributed by atoms with Crippen LogP contribution in [0.1, 0.15) is 39.0 Å². The van der Waals surface area contributed by atoms with Crippen LogP contribution in [-0.2, 0) is 0 Å². The predicted molar refractivity (Wildman–Crippen MR) is 37.2 cm³/mol. The highest BCUT2D eigenvalue weighted by Gasteiger charge is 2.56. The fraction of sp³-hybridized carbons (Fsp3) is 1.00. The molecule has 0 atom stereocenters. The highest BCUT2D eigenvalue weighted by Crippen LogP contribution is 2.55. The summed E-state index contributed by atoms with van der Waals surface area (Å²) in [5.74, 6) is 0. The Morgan fingerprint density at radius 2 is 1.82 bits per heavy atom. The Kier molecular flexibility index (Phi) is 2.17. The Bertz CT molecular complexity index is 133. The molecule has 0 saturated heterocycles. The van der Waals surface area contributed by atoms with Crippen LogP contribution in [0.5, 0.6) is 0 Å². The van der Waals surface area contributed by atoms with E-state index in [1.807, 2.05) is 6.92 Å². The molecule has 11 heavy (non-hydrogen) atoms. The summed E-state index contributed by atoms with van der Waals surface area (Å²) in [5.41, 5.74) is -1.29. The van der Waals surface area contributed by atoms with Crippen molar-refractivity contribution in [2.45, 2.75) is 45.2 Å². The van der Waals surface area contributed by atoms with Crippen molar-refractivity contribution in [2.75, 3.05) is 0 Å². The van der Waals surface area contributed by atoms with Crippen molar-refractivity contribution in [3.05, 3.63) is 0 Å². The second-order valence-electron chi connectivity index (χ2n) is 3.38. The first kappa shape index (κ1) is 8.88. The van der Waals surface area contributed by atoms with Crippen LogP contribution < -0.4 is 0 Å². The Morgan fingerprint density at radius 3 is 1.91 bits per heavy atom. The van der Waals surface area contributed by atoms with Gasteiger partial charge < -0.3 is 0 Å². The van der Waals surface area contributed by atoms with Gasteiger partial charge in [-0.25, -0.2) is 0 Å². The molecular formula is C8H13F3. The minimum absolute atomic E-state index is 0.316. The van der Waals surface area contributed by atoms with E-state index < -0.39 is 11.6 Å². The van der Waals surface area contributed by atoms with E-state index in [-0.39, 0.29) is 0 Å². The van der Waals surface area contributed by atoms with E-state index in [1.165, 1.54) is 0 Å². The van der Waals surface area contributed by atoms with Crippen molar-refractivity contribution in [3.8, 4) is 0 Å². The lowest BCUT2D eigenvalue weighted by Gasteiger charge is -2.43. The third-order valence-corrected chi connectivity index (χ3v) is 2.64. The van der Waals surface area contributed by atoms with Crippen molar-refractivity contribution < 1.29 is 13.2 Å². The van der Waals surface area contributed by atoms with Crippen LogP contribution in [0.15, 0.2) is 0 Å². The smallest absolute Gasteiger partial charge is 0.171 e. The highest BCUT2D eigenvalue weighted by molar-refractivity contribution is 4.93. The molecule has 0 unspecified atom stereocenters. The average molecular weight is 166 g/mol. The van der Waals surface area contributed by atoms with Crippen LogP contribution in [0.3, 0.4) is 0 Å². The van der Waals surface area contributed by atoms with E-state index in [9.17, 15) is 13.2 Å². The number of rotatable bonds is 2. The molecule has 0 aromatic carbocycles. The third-order valence-electron chi connectivity index (χ3n) is 2.64. The molecular weight excluding hydrogens is 153 g/mol. The molecule has 0 nitrogen and oxygen atoms in total. The molecule has 3 heteroatoms. The molecule has 1 aliphatic carbocycles. The zero-order valence-corrected chi connectivity index (χ0v) is 6.67. The van der Waals surface area contributed by atoms with Crippen molar-refractivity contribution in [2.24, 2.45) is 5.41 Å². The van der Waals surface area contributed by atoms with Gasteiger partial charge in [0.2, 0.25) is 0 Å². The van der Waals surface area contributed by atoms with Crippen LogP contribution in [0.2, 0.25) is 0 Å². The molecule has 0 amide bonds. The zero-order valence-electron chi connectivity index (χ0n) is 6.67. The maximum atomic E-state index is 12.3. The van der Waals surface area contributed by atoms with Gasteiger partial charge in [-0.2, -0.15) is 13.2 Å². The van der Waals surface area contributed by atoms with E-state index in [4.69, 9.17) is 0 Å². The minimum Gasteiger partial charge on any atom is -0.171 e. The Balaban J connectivity index is 2.60. The number of alkyl halides is 3. The molecule has 0 radical (unpaired) electrons. The van der Waals surface area contributed by atoms with E-state index in [0.717, 1.165) is 6.42 Å². The molecule has 1 aliphatic rings. The summed E-state index contributed by atoms with van der Waals surface area (Å²) in [6.45, 7) is 1.81. The zero-order chi connectivity index (χ0) is 8.54. The molecule has 1 fully saturated rings. The fourth-order valence-corrected chi connectivity index (χ4v) is 1.76. The molecule has 0 aliphatic heterocycles. The van der Waals surface area contributed by atoms with Gasteiger partial charge in [0.25, 0.3) is 0 Å². The molecule has 1 rings (SSSR count). The van der Waals surface area contributed by atoms with Crippen molar-refractivity contribution in [1.82, 2.24) is 0 Å². The van der Waals surface area contributed by atoms with Crippen LogP contribution in [0.25, 0.3) is 0 Å². The molecule has 0 heterocycles. The van der Waals surface area contributed by atoms with Gasteiger partial charge in [-0.1, -0.05) is 19.8 Å². The van der Waals surface area contributed by atoms with Crippen LogP contribution >= 0.6 is 0 Å². The predicted octanol–water partition coefficient (Wildman–Crippen LogP) is 3.52. The topological polar surface area (TPSA) is 0 Å². The normalized spacial score (nSPS) is 22.9. The maximum absolute atomic E-state index is 12.3. The standard InChI is InChI=1S/C8H13F3/c1-2-4-7(5-3-6-7)8(9,10)11/h2-6H2,1H3. The molecule has 66 valence electrons. The summed E-state index contributed by atoms with van der Waals surface area (Å²) in [5, 5.41) is 0. The Hall–Kier alpha value is -0.210. The Labute approximate surface area is 64.8 Å². The number of hydrogen-bond acceptors (Lipinski definition) is 0. The first-order chi connectivity index (χ1) is 5.02. The molecule has 1 saturated carbocycles. The van der Waals surface area contributed by atoms with Gasteiger partial charge in [-0.15, -0.1) is 0 Å². The van der Waals surface area contributed by atoms with E-state index in [1.54, 1.807) is 0 Å². The summed E-state index contributed by atoms with van der Waals surface area (Å²) < 4.78 is 37.0. The van der Waals surface area contributed by atoms with Gasteiger partial charge in [0.1, 0.15) is 0 Å². The molecule has 0 aromatic rings. The van der Waals surface area contributed by atoms with Crippen LogP contribution in [0, 0.1) is 5.41 Å². The van der Waals surface area contributed by atoms with Gasteiger partial charge in [-0.3, -0.25) is 0 Å². The maximum Gasteiger partial charge on any atom is 0.394 e. The van der Waals surface area contributed by atoms with Crippen LogP contribution in [-0.4, -0.2) is 6.18 Å². The van der Waals surface area contributed by atoms with Gasteiger partial charge in [0, 0.05) is 0 Å². The molecule has 0 spiro atoms. The summed E-state index contributed by atoms with van der Waals surface area (Å²) >= 11 is 0. The highest BCUT2D eigenvalue weighted by atomic mass is 19.4.